The van der Waals surface area contributed by atoms with Crippen LogP contribution in [0.25, 0.3) is 0 Å². The first-order valence-corrected chi connectivity index (χ1v) is 6.76. The number of amides is 2. The summed E-state index contributed by atoms with van der Waals surface area (Å²) in [7, 11) is 0. The third kappa shape index (κ3) is 6.24. The monoisotopic (exact) mass is 328 g/mol. The van der Waals surface area contributed by atoms with Gasteiger partial charge in [-0.25, -0.2) is 0 Å². The van der Waals surface area contributed by atoms with Crippen LogP contribution in [0.1, 0.15) is 19.8 Å². The van der Waals surface area contributed by atoms with E-state index < -0.39 is 6.10 Å². The molecule has 1 rings (SSSR count). The highest BCUT2D eigenvalue weighted by molar-refractivity contribution is 9.10. The molecule has 1 atom stereocenters. The molecular weight excluding hydrogens is 312 g/mol. The Bertz CT molecular complexity index is 434. The van der Waals surface area contributed by atoms with E-state index in [2.05, 4.69) is 21.2 Å². The van der Waals surface area contributed by atoms with E-state index >= 15 is 0 Å². The van der Waals surface area contributed by atoms with E-state index in [1.54, 1.807) is 19.1 Å². The van der Waals surface area contributed by atoms with Crippen molar-refractivity contribution in [1.82, 2.24) is 5.32 Å². The molecule has 1 aromatic rings. The minimum Gasteiger partial charge on any atom is -0.481 e. The summed E-state index contributed by atoms with van der Waals surface area (Å²) in [5.74, 6) is 0.0452. The van der Waals surface area contributed by atoms with Crippen molar-refractivity contribution in [2.75, 3.05) is 6.54 Å². The van der Waals surface area contributed by atoms with Gasteiger partial charge in [-0.05, 0) is 37.6 Å². The summed E-state index contributed by atoms with van der Waals surface area (Å²) in [5, 5.41) is 2.69. The predicted molar refractivity (Wildman–Crippen MR) is 75.7 cm³/mol. The number of hydrogen-bond acceptors (Lipinski definition) is 3. The number of hydrogen-bond donors (Lipinski definition) is 2. The second-order valence-corrected chi connectivity index (χ2v) is 4.99. The van der Waals surface area contributed by atoms with Gasteiger partial charge < -0.3 is 15.8 Å². The molecule has 0 unspecified atom stereocenters. The molecule has 0 heterocycles. The number of nitrogens with two attached hydrogens (primary N) is 1. The van der Waals surface area contributed by atoms with Crippen molar-refractivity contribution in [2.24, 2.45) is 5.73 Å². The molecule has 5 nitrogen and oxygen atoms in total. The van der Waals surface area contributed by atoms with Crippen LogP contribution in [0.15, 0.2) is 28.7 Å². The van der Waals surface area contributed by atoms with Crippen molar-refractivity contribution >= 4 is 27.7 Å². The summed E-state index contributed by atoms with van der Waals surface area (Å²) in [6.07, 6.45) is 0.212. The lowest BCUT2D eigenvalue weighted by atomic mass is 10.3. The first kappa shape index (κ1) is 15.5. The first-order valence-electron chi connectivity index (χ1n) is 5.97. The molecule has 19 heavy (non-hydrogen) atoms. The molecule has 3 N–H and O–H groups in total. The molecule has 0 fully saturated rings. The van der Waals surface area contributed by atoms with Crippen molar-refractivity contribution in [3.05, 3.63) is 28.7 Å². The second-order valence-electron chi connectivity index (χ2n) is 4.07. The van der Waals surface area contributed by atoms with Crippen LogP contribution in [0, 0.1) is 0 Å². The van der Waals surface area contributed by atoms with E-state index in [1.165, 1.54) is 0 Å². The Hall–Kier alpha value is -1.56. The molecule has 104 valence electrons. The number of nitrogens with one attached hydrogen (secondary N) is 1. The topological polar surface area (TPSA) is 81.4 Å². The van der Waals surface area contributed by atoms with Gasteiger partial charge in [-0.1, -0.05) is 15.9 Å². The maximum absolute atomic E-state index is 11.7. The number of halogens is 1. The number of rotatable bonds is 7. The Morgan fingerprint density at radius 1 is 1.37 bits per heavy atom. The van der Waals surface area contributed by atoms with Gasteiger partial charge in [0, 0.05) is 17.4 Å². The van der Waals surface area contributed by atoms with Gasteiger partial charge in [0.25, 0.3) is 5.91 Å². The van der Waals surface area contributed by atoms with Gasteiger partial charge in [-0.15, -0.1) is 0 Å². The fourth-order valence-corrected chi connectivity index (χ4v) is 1.65. The van der Waals surface area contributed by atoms with Crippen LogP contribution in [0.2, 0.25) is 0 Å². The van der Waals surface area contributed by atoms with E-state index in [9.17, 15) is 9.59 Å². The van der Waals surface area contributed by atoms with E-state index in [-0.39, 0.29) is 18.2 Å². The summed E-state index contributed by atoms with van der Waals surface area (Å²) >= 11 is 3.32. The van der Waals surface area contributed by atoms with E-state index in [0.717, 1.165) is 4.47 Å². The summed E-state index contributed by atoms with van der Waals surface area (Å²) in [6, 6.07) is 7.24. The van der Waals surface area contributed by atoms with E-state index in [4.69, 9.17) is 10.5 Å². The maximum Gasteiger partial charge on any atom is 0.260 e. The lowest BCUT2D eigenvalue weighted by Crippen LogP contribution is -2.37. The molecule has 0 aliphatic rings. The summed E-state index contributed by atoms with van der Waals surface area (Å²) in [4.78, 5) is 22.2. The minimum absolute atomic E-state index is 0.215. The quantitative estimate of drug-likeness (QED) is 0.746. The molecule has 6 heteroatoms. The van der Waals surface area contributed by atoms with Gasteiger partial charge >= 0.3 is 0 Å². The Morgan fingerprint density at radius 2 is 2.00 bits per heavy atom. The van der Waals surface area contributed by atoms with Crippen LogP contribution in [-0.2, 0) is 9.59 Å². The SMILES string of the molecule is C[C@H](Oc1ccc(Br)cc1)C(=O)NCCCC(N)=O. The number of primary amides is 1. The Morgan fingerprint density at radius 3 is 2.58 bits per heavy atom. The van der Waals surface area contributed by atoms with Crippen LogP contribution in [0.5, 0.6) is 5.75 Å². The van der Waals surface area contributed by atoms with Gasteiger partial charge in [-0.2, -0.15) is 0 Å². The smallest absolute Gasteiger partial charge is 0.260 e. The van der Waals surface area contributed by atoms with Crippen molar-refractivity contribution in [2.45, 2.75) is 25.9 Å². The fraction of sp³-hybridized carbons (Fsp3) is 0.385. The zero-order valence-electron chi connectivity index (χ0n) is 10.7. The first-order chi connectivity index (χ1) is 8.99. The summed E-state index contributed by atoms with van der Waals surface area (Å²) in [5.41, 5.74) is 5.00. The summed E-state index contributed by atoms with van der Waals surface area (Å²) < 4.78 is 6.43. The second kappa shape index (κ2) is 7.78. The zero-order valence-corrected chi connectivity index (χ0v) is 12.3. The number of ether oxygens (including phenoxy) is 1. The van der Waals surface area contributed by atoms with Crippen LogP contribution in [0.4, 0.5) is 0 Å². The number of carbonyl (C=O) groups excluding carboxylic acids is 2. The molecule has 0 spiro atoms. The van der Waals surface area contributed by atoms with Gasteiger partial charge in [-0.3, -0.25) is 9.59 Å². The highest BCUT2D eigenvalue weighted by Gasteiger charge is 2.13. The molecule has 0 saturated carbocycles. The van der Waals surface area contributed by atoms with Crippen LogP contribution < -0.4 is 15.8 Å². The average Bonchev–Trinajstić information content (AvgIpc) is 2.36. The third-order valence-electron chi connectivity index (χ3n) is 2.39. The molecule has 0 aromatic heterocycles. The zero-order chi connectivity index (χ0) is 14.3. The highest BCUT2D eigenvalue weighted by Crippen LogP contribution is 2.17. The van der Waals surface area contributed by atoms with Crippen molar-refractivity contribution in [1.29, 1.82) is 0 Å². The van der Waals surface area contributed by atoms with Crippen molar-refractivity contribution < 1.29 is 14.3 Å². The standard InChI is InChI=1S/C13H17BrN2O3/c1-9(13(18)16-8-2-3-12(15)17)19-11-6-4-10(14)5-7-11/h4-7,9H,2-3,8H2,1H3,(H2,15,17)(H,16,18)/t9-/m0/s1. The maximum atomic E-state index is 11.7. The van der Waals surface area contributed by atoms with Crippen LogP contribution >= 0.6 is 15.9 Å². The average molecular weight is 329 g/mol. The largest absolute Gasteiger partial charge is 0.481 e. The van der Waals surface area contributed by atoms with Crippen molar-refractivity contribution in [3.63, 3.8) is 0 Å². The Balaban J connectivity index is 2.32. The molecular formula is C13H17BrN2O3. The molecule has 0 bridgehead atoms. The minimum atomic E-state index is -0.588. The fourth-order valence-electron chi connectivity index (χ4n) is 1.39. The van der Waals surface area contributed by atoms with Crippen molar-refractivity contribution in [3.8, 4) is 5.75 Å². The van der Waals surface area contributed by atoms with Gasteiger partial charge in [0.1, 0.15) is 5.75 Å². The number of carbonyl (C=O) groups is 2. The number of benzene rings is 1. The molecule has 0 aliphatic carbocycles. The lowest BCUT2D eigenvalue weighted by Gasteiger charge is -2.14. The highest BCUT2D eigenvalue weighted by atomic mass is 79.9. The Kier molecular flexibility index (Phi) is 6.35. The van der Waals surface area contributed by atoms with Crippen LogP contribution in [0.3, 0.4) is 0 Å². The molecule has 0 radical (unpaired) electrons. The van der Waals surface area contributed by atoms with E-state index in [1.807, 2.05) is 12.1 Å². The molecule has 0 aliphatic heterocycles. The van der Waals surface area contributed by atoms with Gasteiger partial charge in [0.15, 0.2) is 6.10 Å². The van der Waals surface area contributed by atoms with Gasteiger partial charge in [0.05, 0.1) is 0 Å². The molecule has 0 saturated heterocycles. The van der Waals surface area contributed by atoms with E-state index in [0.29, 0.717) is 18.7 Å². The summed E-state index contributed by atoms with van der Waals surface area (Å²) in [6.45, 7) is 2.08. The lowest BCUT2D eigenvalue weighted by molar-refractivity contribution is -0.127. The normalized spacial score (nSPS) is 11.7. The molecule has 1 aromatic carbocycles. The Labute approximate surface area is 120 Å². The molecule has 2 amide bonds. The van der Waals surface area contributed by atoms with Gasteiger partial charge in [0.2, 0.25) is 5.91 Å². The predicted octanol–water partition coefficient (Wildman–Crippen LogP) is 1.60. The van der Waals surface area contributed by atoms with Crippen LogP contribution in [-0.4, -0.2) is 24.5 Å². The third-order valence-corrected chi connectivity index (χ3v) is 2.92.